The summed E-state index contributed by atoms with van der Waals surface area (Å²) in [5, 5.41) is 12.6. The molecule has 0 saturated carbocycles. The molecule has 5 heteroatoms. The highest BCUT2D eigenvalue weighted by Crippen LogP contribution is 2.12. The maximum atomic E-state index is 11.8. The van der Waals surface area contributed by atoms with Crippen molar-refractivity contribution in [1.82, 2.24) is 5.32 Å². The van der Waals surface area contributed by atoms with Crippen LogP contribution in [0.25, 0.3) is 0 Å². The molecule has 16 heavy (non-hydrogen) atoms. The van der Waals surface area contributed by atoms with Crippen molar-refractivity contribution < 1.29 is 9.90 Å². The summed E-state index contributed by atoms with van der Waals surface area (Å²) in [5.41, 5.74) is 4.69. The lowest BCUT2D eigenvalue weighted by Gasteiger charge is -2.25. The highest BCUT2D eigenvalue weighted by molar-refractivity contribution is 7.98. The Labute approximate surface area is 102 Å². The van der Waals surface area contributed by atoms with Crippen molar-refractivity contribution in [1.29, 1.82) is 0 Å². The first-order valence-electron chi connectivity index (χ1n) is 5.53. The van der Waals surface area contributed by atoms with Gasteiger partial charge in [-0.3, -0.25) is 4.79 Å². The zero-order valence-corrected chi connectivity index (χ0v) is 11.4. The highest BCUT2D eigenvalue weighted by atomic mass is 32.2. The smallest absolute Gasteiger partial charge is 0.224 e. The zero-order chi connectivity index (χ0) is 12.8. The third-order valence-electron chi connectivity index (χ3n) is 2.49. The predicted octanol–water partition coefficient (Wildman–Crippen LogP) is 0.448. The predicted molar refractivity (Wildman–Crippen MR) is 69.4 cm³/mol. The fraction of sp³-hybridized carbons (Fsp3) is 0.909. The molecule has 4 N–H and O–H groups in total. The summed E-state index contributed by atoms with van der Waals surface area (Å²) in [6, 6.07) is 0. The van der Waals surface area contributed by atoms with E-state index in [-0.39, 0.29) is 24.3 Å². The van der Waals surface area contributed by atoms with Crippen molar-refractivity contribution in [3.05, 3.63) is 0 Å². The number of rotatable bonds is 7. The summed E-state index contributed by atoms with van der Waals surface area (Å²) >= 11 is 1.55. The van der Waals surface area contributed by atoms with Crippen LogP contribution in [0.4, 0.5) is 0 Å². The van der Waals surface area contributed by atoms with Crippen LogP contribution >= 0.6 is 11.8 Å². The fourth-order valence-corrected chi connectivity index (χ4v) is 2.18. The van der Waals surface area contributed by atoms with Gasteiger partial charge in [0.2, 0.25) is 5.91 Å². The summed E-state index contributed by atoms with van der Waals surface area (Å²) < 4.78 is 0. The van der Waals surface area contributed by atoms with Gasteiger partial charge in [-0.1, -0.05) is 13.8 Å². The van der Waals surface area contributed by atoms with Gasteiger partial charge >= 0.3 is 0 Å². The van der Waals surface area contributed by atoms with Crippen LogP contribution in [0.3, 0.4) is 0 Å². The van der Waals surface area contributed by atoms with E-state index in [0.29, 0.717) is 12.3 Å². The number of hydrogen-bond donors (Lipinski definition) is 3. The molecule has 0 rings (SSSR count). The van der Waals surface area contributed by atoms with Crippen LogP contribution in [-0.4, -0.2) is 41.7 Å². The van der Waals surface area contributed by atoms with E-state index in [9.17, 15) is 9.90 Å². The molecule has 0 aromatic rings. The van der Waals surface area contributed by atoms with E-state index in [4.69, 9.17) is 5.73 Å². The van der Waals surface area contributed by atoms with Crippen LogP contribution in [0.1, 0.15) is 20.8 Å². The second kappa shape index (κ2) is 7.14. The van der Waals surface area contributed by atoms with Gasteiger partial charge in [-0.15, -0.1) is 0 Å². The molecule has 1 amide bonds. The van der Waals surface area contributed by atoms with Gasteiger partial charge in [-0.2, -0.15) is 11.8 Å². The van der Waals surface area contributed by atoms with Gasteiger partial charge in [-0.05, 0) is 19.1 Å². The minimum absolute atomic E-state index is 0.0705. The lowest BCUT2D eigenvalue weighted by molar-refractivity contribution is -0.126. The second-order valence-corrected chi connectivity index (χ2v) is 5.60. The molecule has 0 spiro atoms. The third-order valence-corrected chi connectivity index (χ3v) is 3.40. The average Bonchev–Trinajstić information content (AvgIpc) is 2.15. The van der Waals surface area contributed by atoms with Crippen LogP contribution in [-0.2, 0) is 4.79 Å². The fourth-order valence-electron chi connectivity index (χ4n) is 1.45. The Morgan fingerprint density at radius 2 is 2.12 bits per heavy atom. The first-order valence-corrected chi connectivity index (χ1v) is 6.92. The lowest BCUT2D eigenvalue weighted by atomic mass is 9.95. The molecule has 0 saturated heterocycles. The largest absolute Gasteiger partial charge is 0.387 e. The normalized spacial score (nSPS) is 16.9. The van der Waals surface area contributed by atoms with Crippen LogP contribution < -0.4 is 11.1 Å². The second-order valence-electron chi connectivity index (χ2n) is 4.73. The number of amides is 1. The Hall–Kier alpha value is -0.260. The first kappa shape index (κ1) is 15.7. The van der Waals surface area contributed by atoms with Crippen molar-refractivity contribution in [2.75, 3.05) is 25.1 Å². The highest BCUT2D eigenvalue weighted by Gasteiger charge is 2.24. The maximum absolute atomic E-state index is 11.8. The molecule has 0 heterocycles. The van der Waals surface area contributed by atoms with E-state index >= 15 is 0 Å². The van der Waals surface area contributed by atoms with Gasteiger partial charge in [0.25, 0.3) is 0 Å². The molecule has 0 aliphatic carbocycles. The number of carbonyl (C=O) groups excluding carboxylic acids is 1. The molecule has 0 aliphatic heterocycles. The summed E-state index contributed by atoms with van der Waals surface area (Å²) in [4.78, 5) is 11.8. The minimum atomic E-state index is -0.856. The molecule has 0 bridgehead atoms. The molecule has 2 unspecified atom stereocenters. The van der Waals surface area contributed by atoms with E-state index in [1.165, 1.54) is 0 Å². The number of thioether (sulfide) groups is 1. The summed E-state index contributed by atoms with van der Waals surface area (Å²) in [7, 11) is 0. The average molecular weight is 248 g/mol. The molecule has 0 fully saturated rings. The molecule has 0 radical (unpaired) electrons. The summed E-state index contributed by atoms with van der Waals surface area (Å²) in [5.74, 6) is 0.571. The van der Waals surface area contributed by atoms with Gasteiger partial charge in [-0.25, -0.2) is 0 Å². The Balaban J connectivity index is 4.15. The van der Waals surface area contributed by atoms with Crippen molar-refractivity contribution in [2.45, 2.75) is 26.4 Å². The van der Waals surface area contributed by atoms with Crippen LogP contribution in [0, 0.1) is 11.8 Å². The SMILES string of the molecule is CSCC(C)(O)CNC(=O)C(CN)C(C)C. The van der Waals surface area contributed by atoms with E-state index < -0.39 is 5.60 Å². The van der Waals surface area contributed by atoms with Crippen molar-refractivity contribution in [3.63, 3.8) is 0 Å². The topological polar surface area (TPSA) is 75.3 Å². The summed E-state index contributed by atoms with van der Waals surface area (Å²) in [6.45, 7) is 6.27. The number of aliphatic hydroxyl groups is 1. The van der Waals surface area contributed by atoms with Crippen LogP contribution in [0.15, 0.2) is 0 Å². The van der Waals surface area contributed by atoms with Crippen molar-refractivity contribution >= 4 is 17.7 Å². The standard InChI is InChI=1S/C11H24N2O2S/c1-8(2)9(5-12)10(14)13-6-11(3,15)7-16-4/h8-9,15H,5-7,12H2,1-4H3,(H,13,14). The van der Waals surface area contributed by atoms with E-state index in [0.717, 1.165) is 0 Å². The van der Waals surface area contributed by atoms with Gasteiger partial charge < -0.3 is 16.2 Å². The zero-order valence-electron chi connectivity index (χ0n) is 10.6. The van der Waals surface area contributed by atoms with Crippen molar-refractivity contribution in [2.24, 2.45) is 17.6 Å². The molecule has 0 aromatic carbocycles. The Bertz CT molecular complexity index is 220. The Morgan fingerprint density at radius 1 is 1.56 bits per heavy atom. The monoisotopic (exact) mass is 248 g/mol. The number of nitrogens with one attached hydrogen (secondary N) is 1. The quantitative estimate of drug-likeness (QED) is 0.611. The lowest BCUT2D eigenvalue weighted by Crippen LogP contribution is -2.46. The Morgan fingerprint density at radius 3 is 2.50 bits per heavy atom. The number of hydrogen-bond acceptors (Lipinski definition) is 4. The van der Waals surface area contributed by atoms with Crippen LogP contribution in [0.5, 0.6) is 0 Å². The van der Waals surface area contributed by atoms with Crippen LogP contribution in [0.2, 0.25) is 0 Å². The van der Waals surface area contributed by atoms with Gasteiger partial charge in [0, 0.05) is 18.8 Å². The van der Waals surface area contributed by atoms with Crippen molar-refractivity contribution in [3.8, 4) is 0 Å². The van der Waals surface area contributed by atoms with E-state index in [2.05, 4.69) is 5.32 Å². The van der Waals surface area contributed by atoms with E-state index in [1.54, 1.807) is 18.7 Å². The first-order chi connectivity index (χ1) is 7.34. The van der Waals surface area contributed by atoms with Gasteiger partial charge in [0.1, 0.15) is 0 Å². The summed E-state index contributed by atoms with van der Waals surface area (Å²) in [6.07, 6.45) is 1.92. The molecule has 0 aromatic heterocycles. The molecular formula is C11H24N2O2S. The molecule has 4 nitrogen and oxygen atoms in total. The number of nitrogens with two attached hydrogens (primary N) is 1. The molecule has 2 atom stereocenters. The molecule has 0 aliphatic rings. The van der Waals surface area contributed by atoms with Gasteiger partial charge in [0.05, 0.1) is 11.5 Å². The van der Waals surface area contributed by atoms with E-state index in [1.807, 2.05) is 20.1 Å². The van der Waals surface area contributed by atoms with Gasteiger partial charge in [0.15, 0.2) is 0 Å². The third kappa shape index (κ3) is 5.72. The minimum Gasteiger partial charge on any atom is -0.387 e. The maximum Gasteiger partial charge on any atom is 0.224 e. The molecular weight excluding hydrogens is 224 g/mol. The molecule has 96 valence electrons. The number of carbonyl (C=O) groups is 1. The Kier molecular flexibility index (Phi) is 7.03.